The number of esters is 1. The first kappa shape index (κ1) is 22.9. The zero-order valence-electron chi connectivity index (χ0n) is 17.3. The van der Waals surface area contributed by atoms with Crippen LogP contribution >= 0.6 is 11.6 Å². The molecule has 0 aliphatic carbocycles. The quantitative estimate of drug-likeness (QED) is 0.438. The lowest BCUT2D eigenvalue weighted by Gasteiger charge is -2.24. The van der Waals surface area contributed by atoms with Gasteiger partial charge < -0.3 is 20.4 Å². The Morgan fingerprint density at radius 2 is 1.94 bits per heavy atom. The zero-order chi connectivity index (χ0) is 23.3. The van der Waals surface area contributed by atoms with Crippen LogP contribution in [0.25, 0.3) is 0 Å². The molecule has 0 aliphatic heterocycles. The number of aromatic nitrogens is 3. The van der Waals surface area contributed by atoms with Gasteiger partial charge in [0.05, 0.1) is 11.6 Å². The molecule has 10 nitrogen and oxygen atoms in total. The molecule has 3 aromatic rings. The fraction of sp³-hybridized carbons (Fsp3) is 0.238. The van der Waals surface area contributed by atoms with Gasteiger partial charge in [0.15, 0.2) is 12.3 Å². The van der Waals surface area contributed by atoms with Gasteiger partial charge in [0.1, 0.15) is 11.5 Å². The summed E-state index contributed by atoms with van der Waals surface area (Å²) in [5.74, 6) is -1.61. The number of hydrogen-bond acceptors (Lipinski definition) is 6. The van der Waals surface area contributed by atoms with E-state index in [2.05, 4.69) is 9.97 Å². The lowest BCUT2D eigenvalue weighted by molar-refractivity contribution is -0.121. The molecule has 3 rings (SSSR count). The summed E-state index contributed by atoms with van der Waals surface area (Å²) in [5, 5.41) is 0.316. The molecule has 0 aliphatic rings. The van der Waals surface area contributed by atoms with Crippen molar-refractivity contribution in [2.24, 2.45) is 0 Å². The molecule has 168 valence electrons. The fourth-order valence-electron chi connectivity index (χ4n) is 3.11. The molecule has 0 unspecified atom stereocenters. The monoisotopic (exact) mass is 459 g/mol. The highest BCUT2D eigenvalue weighted by molar-refractivity contribution is 6.30. The van der Waals surface area contributed by atoms with Crippen LogP contribution in [0, 0.1) is 0 Å². The van der Waals surface area contributed by atoms with Crippen LogP contribution < -0.4 is 21.9 Å². The van der Waals surface area contributed by atoms with Crippen LogP contribution in [0.3, 0.4) is 0 Å². The molecular formula is C21H22ClN5O5. The Morgan fingerprint density at radius 1 is 1.22 bits per heavy atom. The Balaban J connectivity index is 1.88. The molecule has 0 bridgehead atoms. The lowest BCUT2D eigenvalue weighted by Crippen LogP contribution is -2.43. The van der Waals surface area contributed by atoms with Crippen LogP contribution in [0.15, 0.2) is 52.2 Å². The molecule has 0 spiro atoms. The second-order valence-corrected chi connectivity index (χ2v) is 7.35. The molecule has 2 aromatic heterocycles. The number of nitrogens with two attached hydrogens (primary N) is 1. The number of carbonyl (C=O) groups is 2. The van der Waals surface area contributed by atoms with E-state index in [9.17, 15) is 19.2 Å². The summed E-state index contributed by atoms with van der Waals surface area (Å²) in [4.78, 5) is 55.9. The van der Waals surface area contributed by atoms with Crippen molar-refractivity contribution in [3.8, 4) is 0 Å². The smallest absolute Gasteiger partial charge is 0.355 e. The molecule has 0 radical (unpaired) electrons. The van der Waals surface area contributed by atoms with Crippen molar-refractivity contribution >= 4 is 35.0 Å². The van der Waals surface area contributed by atoms with Crippen molar-refractivity contribution < 1.29 is 14.3 Å². The number of nitrogens with one attached hydrogen (secondary N) is 2. The Hall–Kier alpha value is -3.79. The molecule has 1 aromatic carbocycles. The number of nitrogen functional groups attached to an aromatic ring is 1. The van der Waals surface area contributed by atoms with Crippen molar-refractivity contribution in [3.63, 3.8) is 0 Å². The van der Waals surface area contributed by atoms with Gasteiger partial charge in [-0.1, -0.05) is 48.9 Å². The van der Waals surface area contributed by atoms with E-state index in [-0.39, 0.29) is 30.3 Å². The molecule has 11 heteroatoms. The topological polar surface area (TPSA) is 143 Å². The number of aromatic amines is 2. The van der Waals surface area contributed by atoms with Crippen molar-refractivity contribution in [2.75, 3.05) is 23.8 Å². The van der Waals surface area contributed by atoms with Gasteiger partial charge in [-0.15, -0.1) is 0 Å². The van der Waals surface area contributed by atoms with Gasteiger partial charge in [0, 0.05) is 12.7 Å². The number of halogens is 1. The van der Waals surface area contributed by atoms with Crippen LogP contribution in [0.4, 0.5) is 11.5 Å². The van der Waals surface area contributed by atoms with Crippen molar-refractivity contribution in [3.05, 3.63) is 79.7 Å². The maximum Gasteiger partial charge on any atom is 0.355 e. The Bertz CT molecular complexity index is 1230. The SMILES string of the molecule is CCCN(C(=O)COC(=O)c1cc(Cl)c[nH]1)c1c(N)n(Cc2ccccc2)c(=O)[nH]c1=O. The van der Waals surface area contributed by atoms with Gasteiger partial charge in [0.25, 0.3) is 11.5 Å². The Kier molecular flexibility index (Phi) is 7.16. The molecule has 0 atom stereocenters. The van der Waals surface area contributed by atoms with E-state index in [4.69, 9.17) is 22.1 Å². The summed E-state index contributed by atoms with van der Waals surface area (Å²) in [7, 11) is 0. The summed E-state index contributed by atoms with van der Waals surface area (Å²) in [6.45, 7) is 1.40. The van der Waals surface area contributed by atoms with E-state index in [1.54, 1.807) is 19.1 Å². The molecule has 2 heterocycles. The number of amides is 1. The van der Waals surface area contributed by atoms with E-state index in [1.165, 1.54) is 16.8 Å². The van der Waals surface area contributed by atoms with Crippen LogP contribution in [0.2, 0.25) is 5.02 Å². The largest absolute Gasteiger partial charge is 0.451 e. The molecule has 0 fully saturated rings. The molecule has 0 saturated heterocycles. The minimum atomic E-state index is -0.805. The van der Waals surface area contributed by atoms with E-state index in [1.807, 2.05) is 18.2 Å². The molecule has 32 heavy (non-hydrogen) atoms. The molecule has 1 amide bonds. The first-order chi connectivity index (χ1) is 15.3. The Labute approximate surface area is 187 Å². The van der Waals surface area contributed by atoms with Crippen molar-refractivity contribution in [1.29, 1.82) is 0 Å². The highest BCUT2D eigenvalue weighted by Gasteiger charge is 2.25. The predicted molar refractivity (Wildman–Crippen MR) is 120 cm³/mol. The average Bonchev–Trinajstić information content (AvgIpc) is 3.21. The number of ether oxygens (including phenoxy) is 1. The summed E-state index contributed by atoms with van der Waals surface area (Å²) in [5.41, 5.74) is 5.36. The third-order valence-electron chi connectivity index (χ3n) is 4.61. The number of hydrogen-bond donors (Lipinski definition) is 3. The minimum Gasteiger partial charge on any atom is -0.451 e. The number of anilines is 2. The molecule has 0 saturated carbocycles. The van der Waals surface area contributed by atoms with Gasteiger partial charge >= 0.3 is 11.7 Å². The fourth-order valence-corrected chi connectivity index (χ4v) is 3.28. The van der Waals surface area contributed by atoms with Crippen LogP contribution in [-0.4, -0.2) is 39.6 Å². The van der Waals surface area contributed by atoms with Crippen molar-refractivity contribution in [2.45, 2.75) is 19.9 Å². The normalized spacial score (nSPS) is 10.7. The van der Waals surface area contributed by atoms with E-state index in [0.717, 1.165) is 10.5 Å². The third kappa shape index (κ3) is 5.09. The summed E-state index contributed by atoms with van der Waals surface area (Å²) in [6, 6.07) is 10.4. The lowest BCUT2D eigenvalue weighted by atomic mass is 10.2. The first-order valence-electron chi connectivity index (χ1n) is 9.79. The maximum atomic E-state index is 12.9. The number of nitrogens with zero attached hydrogens (tertiary/aromatic N) is 2. The second kappa shape index (κ2) is 10.0. The van der Waals surface area contributed by atoms with E-state index in [0.29, 0.717) is 11.4 Å². The van der Waals surface area contributed by atoms with Gasteiger partial charge in [-0.3, -0.25) is 19.1 Å². The maximum absolute atomic E-state index is 12.9. The third-order valence-corrected chi connectivity index (χ3v) is 4.83. The van der Waals surface area contributed by atoms with Crippen LogP contribution in [0.1, 0.15) is 29.4 Å². The molecule has 4 N–H and O–H groups in total. The standard InChI is InChI=1S/C21H22ClN5O5/c1-2-8-26(16(28)12-32-20(30)15-9-14(22)10-24-15)17-18(23)27(21(31)25-19(17)29)11-13-6-4-3-5-7-13/h3-7,9-10,24H,2,8,11-12,23H2,1H3,(H,25,29,31). The Morgan fingerprint density at radius 3 is 2.56 bits per heavy atom. The summed E-state index contributed by atoms with van der Waals surface area (Å²) in [6.07, 6.45) is 1.89. The van der Waals surface area contributed by atoms with Gasteiger partial charge in [-0.25, -0.2) is 9.59 Å². The van der Waals surface area contributed by atoms with Crippen LogP contribution in [-0.2, 0) is 16.1 Å². The average molecular weight is 460 g/mol. The number of benzene rings is 1. The van der Waals surface area contributed by atoms with Gasteiger partial charge in [0.2, 0.25) is 0 Å². The minimum absolute atomic E-state index is 0.0820. The van der Waals surface area contributed by atoms with E-state index < -0.39 is 29.7 Å². The number of rotatable bonds is 8. The van der Waals surface area contributed by atoms with Gasteiger partial charge in [-0.2, -0.15) is 0 Å². The highest BCUT2D eigenvalue weighted by Crippen LogP contribution is 2.19. The number of carbonyl (C=O) groups excluding carboxylic acids is 2. The van der Waals surface area contributed by atoms with E-state index >= 15 is 0 Å². The molecular weight excluding hydrogens is 438 g/mol. The first-order valence-corrected chi connectivity index (χ1v) is 10.2. The van der Waals surface area contributed by atoms with Crippen molar-refractivity contribution in [1.82, 2.24) is 14.5 Å². The van der Waals surface area contributed by atoms with Gasteiger partial charge in [-0.05, 0) is 18.1 Å². The zero-order valence-corrected chi connectivity index (χ0v) is 18.0. The van der Waals surface area contributed by atoms with Crippen LogP contribution in [0.5, 0.6) is 0 Å². The summed E-state index contributed by atoms with van der Waals surface area (Å²) < 4.78 is 6.22. The summed E-state index contributed by atoms with van der Waals surface area (Å²) >= 11 is 5.77. The number of H-pyrrole nitrogens is 2. The predicted octanol–water partition coefficient (Wildman–Crippen LogP) is 1.75. The second-order valence-electron chi connectivity index (χ2n) is 6.92. The highest BCUT2D eigenvalue weighted by atomic mass is 35.5.